The molecule has 0 aliphatic heterocycles. The van der Waals surface area contributed by atoms with Crippen molar-refractivity contribution in [2.45, 2.75) is 0 Å². The van der Waals surface area contributed by atoms with E-state index in [0.29, 0.717) is 35.2 Å². The number of rotatable bonds is 9. The van der Waals surface area contributed by atoms with E-state index in [2.05, 4.69) is 328 Å². The lowest BCUT2D eigenvalue weighted by Crippen LogP contribution is -2.06. The molecule has 0 saturated heterocycles. The molecule has 0 spiro atoms. The molecule has 0 bridgehead atoms. The molecular formula is C96H58N10O2. The van der Waals surface area contributed by atoms with Crippen LogP contribution < -0.4 is 0 Å². The highest BCUT2D eigenvalue weighted by Crippen LogP contribution is 2.45. The SMILES string of the molecule is c1ccc(-c2ccc(-c3nc(-c4ccc5c(c4)oc4c5ccc5c4c4ccccc4n5-c4ccccc4)nc(-n4c5ccccc5c5ccccc54)n3)cc2)cc1.c1ccc(-c2nc(-c3ccc4c(c3)oc3c4ccc4c3c3ccccc3n4-c3ccccc3)nc(-n3c4ccccc4c4ccccc43)n2)cc1. The van der Waals surface area contributed by atoms with Crippen molar-refractivity contribution in [1.29, 1.82) is 0 Å². The fraction of sp³-hybridized carbons (Fsp3) is 0. The Morgan fingerprint density at radius 1 is 0.185 bits per heavy atom. The van der Waals surface area contributed by atoms with Gasteiger partial charge in [-0.15, -0.1) is 0 Å². The summed E-state index contributed by atoms with van der Waals surface area (Å²) in [7, 11) is 0. The lowest BCUT2D eigenvalue weighted by atomic mass is 10.0. The Balaban J connectivity index is 0.000000135. The van der Waals surface area contributed by atoms with Gasteiger partial charge >= 0.3 is 0 Å². The minimum atomic E-state index is 0.555. The summed E-state index contributed by atoms with van der Waals surface area (Å²) in [4.78, 5) is 30.8. The smallest absolute Gasteiger partial charge is 0.238 e. The van der Waals surface area contributed by atoms with Gasteiger partial charge in [-0.25, -0.2) is 9.97 Å². The lowest BCUT2D eigenvalue weighted by Gasteiger charge is -2.11. The molecule has 0 amide bonds. The van der Waals surface area contributed by atoms with Crippen LogP contribution in [0.5, 0.6) is 0 Å². The van der Waals surface area contributed by atoms with Crippen molar-refractivity contribution < 1.29 is 8.83 Å². The van der Waals surface area contributed by atoms with Crippen LogP contribution in [0, 0.1) is 0 Å². The van der Waals surface area contributed by atoms with Crippen LogP contribution >= 0.6 is 0 Å². The molecule has 0 saturated carbocycles. The normalized spacial score (nSPS) is 11.9. The van der Waals surface area contributed by atoms with Crippen molar-refractivity contribution in [1.82, 2.24) is 48.2 Å². The van der Waals surface area contributed by atoms with E-state index >= 15 is 0 Å². The first kappa shape index (κ1) is 60.7. The van der Waals surface area contributed by atoms with E-state index in [-0.39, 0.29) is 0 Å². The maximum Gasteiger partial charge on any atom is 0.238 e. The standard InChI is InChI=1S/C51H31N5O.C45H27N5O/c1-3-13-32(14-4-1)33-23-25-34(26-24-33)49-52-50(54-51(53-49)56-42-20-10-7-17-37(42)38-18-8-11-21-43(38)56)35-27-28-39-40-29-30-45-47(48(40)57-46(39)31-35)41-19-9-12-22-44(41)55(45)36-15-5-2-6-16-36;1-3-13-28(14-4-1)43-46-44(48-45(47-43)50-36-20-10-7-17-31(36)32-18-8-11-21-37(32)50)29-23-24-33-34-25-26-39-41(42(34)51-40(33)27-29)35-19-9-12-22-38(35)49(39)30-15-5-2-6-16-30/h1-31H;1-27H. The van der Waals surface area contributed by atoms with E-state index in [4.69, 9.17) is 38.7 Å². The molecule has 23 aromatic rings. The maximum absolute atomic E-state index is 6.88. The average molecular weight is 1380 g/mol. The summed E-state index contributed by atoms with van der Waals surface area (Å²) in [5, 5.41) is 13.3. The van der Waals surface area contributed by atoms with Gasteiger partial charge in [0.1, 0.15) is 22.3 Å². The van der Waals surface area contributed by atoms with Gasteiger partial charge in [-0.3, -0.25) is 9.13 Å². The van der Waals surface area contributed by atoms with E-state index < -0.39 is 0 Å². The van der Waals surface area contributed by atoms with Gasteiger partial charge in [0.25, 0.3) is 0 Å². The third-order valence-electron chi connectivity index (χ3n) is 21.2. The van der Waals surface area contributed by atoms with Crippen LogP contribution in [-0.2, 0) is 0 Å². The quantitative estimate of drug-likeness (QED) is 0.140. The zero-order valence-electron chi connectivity index (χ0n) is 57.8. The first-order chi connectivity index (χ1) is 53.6. The van der Waals surface area contributed by atoms with Gasteiger partial charge in [-0.05, 0) is 120 Å². The number of para-hydroxylation sites is 8. The minimum absolute atomic E-state index is 0.555. The summed E-state index contributed by atoms with van der Waals surface area (Å²) >= 11 is 0. The summed E-state index contributed by atoms with van der Waals surface area (Å²) < 4.78 is 22.6. The van der Waals surface area contributed by atoms with E-state index in [0.717, 1.165) is 176 Å². The molecule has 15 aromatic carbocycles. The minimum Gasteiger partial charge on any atom is -0.455 e. The van der Waals surface area contributed by atoms with Crippen LogP contribution in [0.3, 0.4) is 0 Å². The van der Waals surface area contributed by atoms with Gasteiger partial charge in [0.15, 0.2) is 23.3 Å². The summed E-state index contributed by atoms with van der Waals surface area (Å²) in [6.07, 6.45) is 0. The van der Waals surface area contributed by atoms with Crippen LogP contribution in [0.2, 0.25) is 0 Å². The number of aromatic nitrogens is 10. The predicted octanol–water partition coefficient (Wildman–Crippen LogP) is 24.3. The molecule has 0 N–H and O–H groups in total. The van der Waals surface area contributed by atoms with Crippen molar-refractivity contribution in [3.05, 3.63) is 352 Å². The Morgan fingerprint density at radius 3 is 0.852 bits per heavy atom. The molecule has 0 unspecified atom stereocenters. The van der Waals surface area contributed by atoms with E-state index in [1.807, 2.05) is 42.5 Å². The third kappa shape index (κ3) is 9.64. The number of hydrogen-bond acceptors (Lipinski definition) is 8. The van der Waals surface area contributed by atoms with Gasteiger partial charge in [0, 0.05) is 87.5 Å². The molecule has 0 aliphatic rings. The monoisotopic (exact) mass is 1380 g/mol. The predicted molar refractivity (Wildman–Crippen MR) is 439 cm³/mol. The molecule has 504 valence electrons. The Labute approximate surface area is 616 Å². The van der Waals surface area contributed by atoms with Crippen LogP contribution in [0.25, 0.3) is 211 Å². The number of hydrogen-bond donors (Lipinski definition) is 0. The van der Waals surface area contributed by atoms with Crippen molar-refractivity contribution in [3.63, 3.8) is 0 Å². The molecular weight excluding hydrogens is 1330 g/mol. The highest BCUT2D eigenvalue weighted by Gasteiger charge is 2.25. The van der Waals surface area contributed by atoms with Crippen LogP contribution in [0.1, 0.15) is 0 Å². The molecule has 0 atom stereocenters. The Morgan fingerprint density at radius 2 is 0.463 bits per heavy atom. The Hall–Kier alpha value is -14.9. The lowest BCUT2D eigenvalue weighted by molar-refractivity contribution is 0.672. The van der Waals surface area contributed by atoms with Crippen molar-refractivity contribution in [2.75, 3.05) is 0 Å². The zero-order chi connectivity index (χ0) is 70.9. The first-order valence-corrected chi connectivity index (χ1v) is 36.2. The van der Waals surface area contributed by atoms with Gasteiger partial charge in [0.2, 0.25) is 11.9 Å². The van der Waals surface area contributed by atoms with Gasteiger partial charge < -0.3 is 18.0 Å². The highest BCUT2D eigenvalue weighted by molar-refractivity contribution is 6.26. The fourth-order valence-corrected chi connectivity index (χ4v) is 16.3. The average Bonchev–Trinajstić information content (AvgIpc) is 1.57. The Bertz CT molecular complexity index is 7440. The summed E-state index contributed by atoms with van der Waals surface area (Å²) in [5.74, 6) is 3.47. The molecule has 0 aliphatic carbocycles. The summed E-state index contributed by atoms with van der Waals surface area (Å²) in [6, 6.07) is 122. The zero-order valence-corrected chi connectivity index (χ0v) is 57.8. The number of furan rings is 2. The fourth-order valence-electron chi connectivity index (χ4n) is 16.3. The van der Waals surface area contributed by atoms with Crippen LogP contribution in [0.4, 0.5) is 0 Å². The second-order valence-corrected chi connectivity index (χ2v) is 27.3. The first-order valence-electron chi connectivity index (χ1n) is 36.2. The Kier molecular flexibility index (Phi) is 13.7. The number of benzene rings is 15. The topological polar surface area (TPSA) is 123 Å². The van der Waals surface area contributed by atoms with Crippen molar-refractivity contribution in [2.24, 2.45) is 0 Å². The van der Waals surface area contributed by atoms with Crippen LogP contribution in [0.15, 0.2) is 361 Å². The number of nitrogens with zero attached hydrogens (tertiary/aromatic N) is 10. The van der Waals surface area contributed by atoms with E-state index in [1.54, 1.807) is 0 Å². The van der Waals surface area contributed by atoms with Gasteiger partial charge in [-0.1, -0.05) is 243 Å². The molecule has 8 aromatic heterocycles. The molecule has 12 heteroatoms. The third-order valence-corrected chi connectivity index (χ3v) is 21.2. The molecule has 12 nitrogen and oxygen atoms in total. The van der Waals surface area contributed by atoms with E-state index in [9.17, 15) is 0 Å². The second-order valence-electron chi connectivity index (χ2n) is 27.3. The summed E-state index contributed by atoms with van der Waals surface area (Å²) in [6.45, 7) is 0. The second kappa shape index (κ2) is 24.4. The largest absolute Gasteiger partial charge is 0.455 e. The summed E-state index contributed by atoms with van der Waals surface area (Å²) in [5.41, 5.74) is 20.0. The molecule has 108 heavy (non-hydrogen) atoms. The van der Waals surface area contributed by atoms with Gasteiger partial charge in [0.05, 0.1) is 54.9 Å². The van der Waals surface area contributed by atoms with Crippen molar-refractivity contribution >= 4 is 131 Å². The molecule has 8 heterocycles. The van der Waals surface area contributed by atoms with Crippen LogP contribution in [-0.4, -0.2) is 48.2 Å². The number of fused-ring (bicyclic) bond motifs is 20. The highest BCUT2D eigenvalue weighted by atomic mass is 16.3. The van der Waals surface area contributed by atoms with Gasteiger partial charge in [-0.2, -0.15) is 19.9 Å². The molecule has 23 rings (SSSR count). The molecule has 0 fully saturated rings. The maximum atomic E-state index is 6.88. The van der Waals surface area contributed by atoms with E-state index in [1.165, 1.54) is 0 Å². The molecule has 0 radical (unpaired) electrons. The van der Waals surface area contributed by atoms with Crippen molar-refractivity contribution in [3.8, 4) is 79.9 Å².